The van der Waals surface area contributed by atoms with Gasteiger partial charge in [-0.25, -0.2) is 17.1 Å². The van der Waals surface area contributed by atoms with Crippen LogP contribution in [0.1, 0.15) is 37.7 Å². The van der Waals surface area contributed by atoms with Crippen molar-refractivity contribution in [2.45, 2.75) is 43.5 Å². The molecule has 0 aromatic heterocycles. The summed E-state index contributed by atoms with van der Waals surface area (Å²) in [6.45, 7) is 0.648. The van der Waals surface area contributed by atoms with Crippen molar-refractivity contribution >= 4 is 10.0 Å². The lowest BCUT2D eigenvalue weighted by atomic mass is 9.89. The molecule has 2 rings (SSSR count). The van der Waals surface area contributed by atoms with E-state index in [0.717, 1.165) is 25.7 Å². The molecule has 0 amide bonds. The molecule has 0 spiro atoms. The van der Waals surface area contributed by atoms with E-state index in [0.29, 0.717) is 18.0 Å². The molecule has 21 heavy (non-hydrogen) atoms. The van der Waals surface area contributed by atoms with Crippen LogP contribution in [0.15, 0.2) is 23.1 Å². The molecule has 118 valence electrons. The minimum absolute atomic E-state index is 0.190. The van der Waals surface area contributed by atoms with Gasteiger partial charge in [0, 0.05) is 20.1 Å². The zero-order valence-corrected chi connectivity index (χ0v) is 13.2. The Kier molecular flexibility index (Phi) is 5.35. The second-order valence-corrected chi connectivity index (χ2v) is 7.77. The van der Waals surface area contributed by atoms with Gasteiger partial charge in [0.2, 0.25) is 10.0 Å². The van der Waals surface area contributed by atoms with E-state index in [1.54, 1.807) is 6.07 Å². The Labute approximate surface area is 126 Å². The van der Waals surface area contributed by atoms with Crippen molar-refractivity contribution in [2.24, 2.45) is 11.7 Å². The molecule has 0 heterocycles. The molecule has 0 saturated heterocycles. The summed E-state index contributed by atoms with van der Waals surface area (Å²) in [4.78, 5) is -0.266. The summed E-state index contributed by atoms with van der Waals surface area (Å²) in [5.41, 5.74) is 6.02. The molecule has 6 heteroatoms. The zero-order chi connectivity index (χ0) is 15.5. The van der Waals surface area contributed by atoms with Crippen LogP contribution in [-0.4, -0.2) is 26.3 Å². The van der Waals surface area contributed by atoms with E-state index in [2.05, 4.69) is 0 Å². The molecular formula is C15H23FN2O2S. The highest BCUT2D eigenvalue weighted by atomic mass is 32.2. The van der Waals surface area contributed by atoms with E-state index in [4.69, 9.17) is 5.73 Å². The van der Waals surface area contributed by atoms with Crippen LogP contribution >= 0.6 is 0 Å². The van der Waals surface area contributed by atoms with Crippen molar-refractivity contribution in [3.63, 3.8) is 0 Å². The molecule has 0 aliphatic heterocycles. The number of benzene rings is 1. The predicted molar refractivity (Wildman–Crippen MR) is 80.7 cm³/mol. The van der Waals surface area contributed by atoms with Gasteiger partial charge in [0.15, 0.2) is 0 Å². The highest BCUT2D eigenvalue weighted by Gasteiger charge is 2.27. The van der Waals surface area contributed by atoms with Gasteiger partial charge in [-0.3, -0.25) is 0 Å². The fourth-order valence-corrected chi connectivity index (χ4v) is 4.17. The number of halogens is 1. The van der Waals surface area contributed by atoms with Crippen LogP contribution in [0, 0.1) is 11.7 Å². The standard InChI is InChI=1S/C15H23FN2O2S/c1-18(11-12-5-3-2-4-6-12)21(19,20)15-8-7-13(10-17)9-14(15)16/h7-9,12H,2-6,10-11,17H2,1H3. The molecule has 1 aliphatic carbocycles. The SMILES string of the molecule is CN(CC1CCCCC1)S(=O)(=O)c1ccc(CN)cc1F. The fraction of sp³-hybridized carbons (Fsp3) is 0.600. The molecule has 1 aromatic carbocycles. The molecule has 0 bridgehead atoms. The minimum Gasteiger partial charge on any atom is -0.326 e. The van der Waals surface area contributed by atoms with Crippen molar-refractivity contribution in [1.82, 2.24) is 4.31 Å². The van der Waals surface area contributed by atoms with Gasteiger partial charge in [-0.15, -0.1) is 0 Å². The lowest BCUT2D eigenvalue weighted by Gasteiger charge is -2.26. The summed E-state index contributed by atoms with van der Waals surface area (Å²) in [6.07, 6.45) is 5.63. The summed E-state index contributed by atoms with van der Waals surface area (Å²) in [5.74, 6) is -0.349. The molecule has 1 saturated carbocycles. The van der Waals surface area contributed by atoms with Gasteiger partial charge in [-0.05, 0) is 36.5 Å². The number of hydrogen-bond donors (Lipinski definition) is 1. The van der Waals surface area contributed by atoms with Crippen molar-refractivity contribution in [2.75, 3.05) is 13.6 Å². The maximum atomic E-state index is 14.0. The number of sulfonamides is 1. The maximum Gasteiger partial charge on any atom is 0.245 e. The summed E-state index contributed by atoms with van der Waals surface area (Å²) in [6, 6.07) is 4.07. The number of rotatable bonds is 5. The first-order valence-corrected chi connectivity index (χ1v) is 8.84. The first-order chi connectivity index (χ1) is 9.95. The summed E-state index contributed by atoms with van der Waals surface area (Å²) in [7, 11) is -2.25. The van der Waals surface area contributed by atoms with Gasteiger partial charge < -0.3 is 5.73 Å². The molecule has 2 N–H and O–H groups in total. The van der Waals surface area contributed by atoms with Crippen LogP contribution in [0.3, 0.4) is 0 Å². The van der Waals surface area contributed by atoms with Gasteiger partial charge in [0.25, 0.3) is 0 Å². The molecule has 1 aliphatic rings. The molecule has 1 aromatic rings. The monoisotopic (exact) mass is 314 g/mol. The van der Waals surface area contributed by atoms with Gasteiger partial charge >= 0.3 is 0 Å². The normalized spacial score (nSPS) is 17.3. The first-order valence-electron chi connectivity index (χ1n) is 7.40. The smallest absolute Gasteiger partial charge is 0.245 e. The molecule has 0 radical (unpaired) electrons. The Morgan fingerprint density at radius 3 is 2.52 bits per heavy atom. The highest BCUT2D eigenvalue weighted by Crippen LogP contribution is 2.26. The second kappa shape index (κ2) is 6.85. The third-order valence-corrected chi connectivity index (χ3v) is 6.02. The number of nitrogens with zero attached hydrogens (tertiary/aromatic N) is 1. The first kappa shape index (κ1) is 16.4. The lowest BCUT2D eigenvalue weighted by Crippen LogP contribution is -2.33. The van der Waals surface area contributed by atoms with Gasteiger partial charge in [0.1, 0.15) is 10.7 Å². The highest BCUT2D eigenvalue weighted by molar-refractivity contribution is 7.89. The molecule has 0 unspecified atom stereocenters. The summed E-state index contributed by atoms with van der Waals surface area (Å²) in [5, 5.41) is 0. The molecular weight excluding hydrogens is 291 g/mol. The van der Waals surface area contributed by atoms with Crippen LogP contribution < -0.4 is 5.73 Å². The Hall–Kier alpha value is -0.980. The third kappa shape index (κ3) is 3.81. The summed E-state index contributed by atoms with van der Waals surface area (Å²) >= 11 is 0. The van der Waals surface area contributed by atoms with E-state index in [1.807, 2.05) is 0 Å². The molecule has 0 atom stereocenters. The van der Waals surface area contributed by atoms with E-state index in [1.165, 1.54) is 29.9 Å². The van der Waals surface area contributed by atoms with Gasteiger partial charge in [0.05, 0.1) is 0 Å². The lowest BCUT2D eigenvalue weighted by molar-refractivity contribution is 0.299. The molecule has 1 fully saturated rings. The maximum absolute atomic E-state index is 14.0. The number of hydrogen-bond acceptors (Lipinski definition) is 3. The molecule has 4 nitrogen and oxygen atoms in total. The average Bonchev–Trinajstić information content (AvgIpc) is 2.47. The van der Waals surface area contributed by atoms with Gasteiger partial charge in [-0.2, -0.15) is 0 Å². The Balaban J connectivity index is 2.16. The Morgan fingerprint density at radius 2 is 1.95 bits per heavy atom. The predicted octanol–water partition coefficient (Wildman–Crippen LogP) is 2.49. The minimum atomic E-state index is -3.78. The van der Waals surface area contributed by atoms with Gasteiger partial charge in [-0.1, -0.05) is 25.3 Å². The fourth-order valence-electron chi connectivity index (χ4n) is 2.88. The average molecular weight is 314 g/mol. The van der Waals surface area contributed by atoms with E-state index >= 15 is 0 Å². The quantitative estimate of drug-likeness (QED) is 0.908. The Morgan fingerprint density at radius 1 is 1.29 bits per heavy atom. The van der Waals surface area contributed by atoms with E-state index in [-0.39, 0.29) is 11.4 Å². The van der Waals surface area contributed by atoms with Crippen molar-refractivity contribution < 1.29 is 12.8 Å². The van der Waals surface area contributed by atoms with Crippen molar-refractivity contribution in [3.8, 4) is 0 Å². The summed E-state index contributed by atoms with van der Waals surface area (Å²) < 4.78 is 40.3. The van der Waals surface area contributed by atoms with E-state index in [9.17, 15) is 12.8 Å². The van der Waals surface area contributed by atoms with Crippen LogP contribution in [0.4, 0.5) is 4.39 Å². The van der Waals surface area contributed by atoms with Crippen molar-refractivity contribution in [1.29, 1.82) is 0 Å². The van der Waals surface area contributed by atoms with E-state index < -0.39 is 15.8 Å². The largest absolute Gasteiger partial charge is 0.326 e. The zero-order valence-electron chi connectivity index (χ0n) is 12.4. The topological polar surface area (TPSA) is 63.4 Å². The van der Waals surface area contributed by atoms with Crippen LogP contribution in [0.2, 0.25) is 0 Å². The Bertz CT molecular complexity index is 583. The number of nitrogens with two attached hydrogens (primary N) is 1. The van der Waals surface area contributed by atoms with Crippen LogP contribution in [0.5, 0.6) is 0 Å². The van der Waals surface area contributed by atoms with Crippen LogP contribution in [0.25, 0.3) is 0 Å². The van der Waals surface area contributed by atoms with Crippen molar-refractivity contribution in [3.05, 3.63) is 29.6 Å². The second-order valence-electron chi connectivity index (χ2n) is 5.76. The van der Waals surface area contributed by atoms with Crippen LogP contribution in [-0.2, 0) is 16.6 Å². The third-order valence-electron chi connectivity index (χ3n) is 4.16.